The molecule has 6 heteroatoms. The molecular weight excluding hydrogens is 332 g/mol. The molecule has 1 aromatic rings. The van der Waals surface area contributed by atoms with E-state index in [0.29, 0.717) is 32.4 Å². The minimum absolute atomic E-state index is 0.0664. The first-order valence-electron chi connectivity index (χ1n) is 9.61. The van der Waals surface area contributed by atoms with Gasteiger partial charge in [0.05, 0.1) is 25.3 Å². The van der Waals surface area contributed by atoms with E-state index in [-0.39, 0.29) is 36.4 Å². The van der Waals surface area contributed by atoms with Crippen LogP contribution in [-0.2, 0) is 16.0 Å². The van der Waals surface area contributed by atoms with E-state index in [4.69, 9.17) is 4.74 Å². The van der Waals surface area contributed by atoms with E-state index >= 15 is 0 Å². The van der Waals surface area contributed by atoms with Crippen LogP contribution in [0.2, 0.25) is 0 Å². The first-order chi connectivity index (χ1) is 12.6. The second-order valence-corrected chi connectivity index (χ2v) is 7.67. The first kappa shape index (κ1) is 17.3. The van der Waals surface area contributed by atoms with Gasteiger partial charge in [-0.1, -0.05) is 6.07 Å². The summed E-state index contributed by atoms with van der Waals surface area (Å²) >= 11 is 0. The number of piperidine rings is 1. The maximum absolute atomic E-state index is 12.6. The average Bonchev–Trinajstić information content (AvgIpc) is 3.07. The number of carbonyl (C=O) groups is 2. The zero-order valence-electron chi connectivity index (χ0n) is 14.9. The summed E-state index contributed by atoms with van der Waals surface area (Å²) in [5, 5.41) is 12.8. The molecule has 2 aliphatic heterocycles. The maximum atomic E-state index is 12.6. The second kappa shape index (κ2) is 7.27. The zero-order chi connectivity index (χ0) is 18.1. The van der Waals surface area contributed by atoms with Crippen LogP contribution in [0, 0.1) is 5.92 Å². The molecule has 2 N–H and O–H groups in total. The van der Waals surface area contributed by atoms with Crippen molar-refractivity contribution >= 4 is 11.8 Å². The van der Waals surface area contributed by atoms with Gasteiger partial charge in [-0.25, -0.2) is 0 Å². The molecular formula is C20H26N2O4. The molecule has 140 valence electrons. The minimum atomic E-state index is -0.277. The molecule has 1 saturated carbocycles. The fourth-order valence-electron chi connectivity index (χ4n) is 4.20. The van der Waals surface area contributed by atoms with Crippen LogP contribution in [0.15, 0.2) is 18.2 Å². The van der Waals surface area contributed by atoms with Crippen molar-refractivity contribution < 1.29 is 19.4 Å². The maximum Gasteiger partial charge on any atom is 0.240 e. The monoisotopic (exact) mass is 358 g/mol. The molecule has 0 radical (unpaired) electrons. The number of likely N-dealkylation sites (tertiary alicyclic amines) is 1. The third-order valence-corrected chi connectivity index (χ3v) is 5.77. The minimum Gasteiger partial charge on any atom is -0.493 e. The van der Waals surface area contributed by atoms with Crippen molar-refractivity contribution in [1.82, 2.24) is 10.2 Å². The molecule has 0 spiro atoms. The molecule has 4 rings (SSSR count). The van der Waals surface area contributed by atoms with Crippen LogP contribution in [0.1, 0.15) is 49.3 Å². The van der Waals surface area contributed by atoms with E-state index in [0.717, 1.165) is 30.6 Å². The number of benzene rings is 1. The molecule has 1 saturated heterocycles. The summed E-state index contributed by atoms with van der Waals surface area (Å²) in [7, 11) is 0. The van der Waals surface area contributed by atoms with Crippen LogP contribution in [0.3, 0.4) is 0 Å². The van der Waals surface area contributed by atoms with Crippen LogP contribution >= 0.6 is 0 Å². The van der Waals surface area contributed by atoms with Crippen molar-refractivity contribution in [2.24, 2.45) is 5.92 Å². The number of fused-ring (bicyclic) bond motifs is 1. The van der Waals surface area contributed by atoms with Crippen molar-refractivity contribution in [3.05, 3.63) is 29.3 Å². The van der Waals surface area contributed by atoms with Crippen molar-refractivity contribution in [1.29, 1.82) is 0 Å². The summed E-state index contributed by atoms with van der Waals surface area (Å²) in [5.41, 5.74) is 2.23. The molecule has 1 aliphatic carbocycles. The number of aliphatic hydroxyl groups is 1. The Labute approximate surface area is 153 Å². The lowest BCUT2D eigenvalue weighted by Gasteiger charge is -2.39. The highest BCUT2D eigenvalue weighted by Crippen LogP contribution is 2.39. The van der Waals surface area contributed by atoms with Gasteiger partial charge in [-0.3, -0.25) is 9.59 Å². The third kappa shape index (κ3) is 3.56. The number of hydrogen-bond donors (Lipinski definition) is 2. The largest absolute Gasteiger partial charge is 0.493 e. The molecule has 3 aliphatic rings. The number of amides is 2. The SMILES string of the molecule is O=C(CN1CCCCC1=O)NC(c1ccc2c(c1)CCO2)C1CC(O)C1. The van der Waals surface area contributed by atoms with E-state index < -0.39 is 0 Å². The molecule has 1 aromatic carbocycles. The molecule has 2 fully saturated rings. The summed E-state index contributed by atoms with van der Waals surface area (Å²) in [4.78, 5) is 26.2. The number of carbonyl (C=O) groups excluding carboxylic acids is 2. The summed E-state index contributed by atoms with van der Waals surface area (Å²) in [5.74, 6) is 1.10. The third-order valence-electron chi connectivity index (χ3n) is 5.77. The van der Waals surface area contributed by atoms with E-state index in [1.165, 1.54) is 5.56 Å². The molecule has 1 atom stereocenters. The van der Waals surface area contributed by atoms with Crippen LogP contribution in [0.4, 0.5) is 0 Å². The number of rotatable bonds is 5. The van der Waals surface area contributed by atoms with Gasteiger partial charge in [0.15, 0.2) is 0 Å². The lowest BCUT2D eigenvalue weighted by atomic mass is 9.75. The van der Waals surface area contributed by atoms with Crippen LogP contribution < -0.4 is 10.1 Å². The molecule has 1 unspecified atom stereocenters. The van der Waals surface area contributed by atoms with Gasteiger partial charge in [0, 0.05) is 19.4 Å². The van der Waals surface area contributed by atoms with E-state index in [1.807, 2.05) is 12.1 Å². The van der Waals surface area contributed by atoms with Gasteiger partial charge in [-0.2, -0.15) is 0 Å². The number of ether oxygens (including phenoxy) is 1. The Morgan fingerprint density at radius 3 is 2.92 bits per heavy atom. The van der Waals surface area contributed by atoms with Gasteiger partial charge in [0.2, 0.25) is 11.8 Å². The van der Waals surface area contributed by atoms with Gasteiger partial charge in [-0.05, 0) is 54.9 Å². The predicted octanol–water partition coefficient (Wildman–Crippen LogP) is 1.56. The topological polar surface area (TPSA) is 78.9 Å². The zero-order valence-corrected chi connectivity index (χ0v) is 14.9. The normalized spacial score (nSPS) is 25.9. The Hall–Kier alpha value is -2.08. The van der Waals surface area contributed by atoms with E-state index in [9.17, 15) is 14.7 Å². The van der Waals surface area contributed by atoms with E-state index in [1.54, 1.807) is 4.90 Å². The summed E-state index contributed by atoms with van der Waals surface area (Å²) in [6.07, 6.45) is 4.41. The lowest BCUT2D eigenvalue weighted by Crippen LogP contribution is -2.47. The Bertz CT molecular complexity index is 699. The number of aliphatic hydroxyl groups excluding tert-OH is 1. The summed E-state index contributed by atoms with van der Waals surface area (Å²) in [6, 6.07) is 5.97. The van der Waals surface area contributed by atoms with Crippen molar-refractivity contribution in [3.8, 4) is 5.75 Å². The summed E-state index contributed by atoms with van der Waals surface area (Å²) in [6.45, 7) is 1.49. The lowest BCUT2D eigenvalue weighted by molar-refractivity contribution is -0.138. The molecule has 26 heavy (non-hydrogen) atoms. The fourth-order valence-corrected chi connectivity index (χ4v) is 4.20. The molecule has 2 heterocycles. The van der Waals surface area contributed by atoms with Gasteiger partial charge >= 0.3 is 0 Å². The van der Waals surface area contributed by atoms with Gasteiger partial charge in [-0.15, -0.1) is 0 Å². The van der Waals surface area contributed by atoms with E-state index in [2.05, 4.69) is 11.4 Å². The number of nitrogens with one attached hydrogen (secondary N) is 1. The fraction of sp³-hybridized carbons (Fsp3) is 0.600. The Balaban J connectivity index is 1.47. The number of hydrogen-bond acceptors (Lipinski definition) is 4. The van der Waals surface area contributed by atoms with Gasteiger partial charge in [0.25, 0.3) is 0 Å². The molecule has 2 amide bonds. The summed E-state index contributed by atoms with van der Waals surface area (Å²) < 4.78 is 5.57. The molecule has 6 nitrogen and oxygen atoms in total. The van der Waals surface area contributed by atoms with Crippen molar-refractivity contribution in [3.63, 3.8) is 0 Å². The Morgan fingerprint density at radius 2 is 2.15 bits per heavy atom. The van der Waals surface area contributed by atoms with Crippen molar-refractivity contribution in [2.75, 3.05) is 19.7 Å². The van der Waals surface area contributed by atoms with Crippen LogP contribution in [-0.4, -0.2) is 47.6 Å². The predicted molar refractivity (Wildman–Crippen MR) is 95.7 cm³/mol. The van der Waals surface area contributed by atoms with Crippen molar-refractivity contribution in [2.45, 2.75) is 50.7 Å². The number of nitrogens with zero attached hydrogens (tertiary/aromatic N) is 1. The Kier molecular flexibility index (Phi) is 4.85. The standard InChI is InChI=1S/C20H26N2O4/c23-16-10-15(11-16)20(14-4-5-17-13(9-14)6-8-26-17)21-18(24)12-22-7-2-1-3-19(22)25/h4-5,9,15-16,20,23H,1-3,6-8,10-12H2,(H,21,24). The van der Waals surface area contributed by atoms with Gasteiger partial charge < -0.3 is 20.1 Å². The smallest absolute Gasteiger partial charge is 0.240 e. The highest BCUT2D eigenvalue weighted by molar-refractivity contribution is 5.85. The van der Waals surface area contributed by atoms with Crippen LogP contribution in [0.5, 0.6) is 5.75 Å². The van der Waals surface area contributed by atoms with Gasteiger partial charge in [0.1, 0.15) is 5.75 Å². The van der Waals surface area contributed by atoms with Crippen LogP contribution in [0.25, 0.3) is 0 Å². The highest BCUT2D eigenvalue weighted by atomic mass is 16.5. The Morgan fingerprint density at radius 1 is 1.31 bits per heavy atom. The second-order valence-electron chi connectivity index (χ2n) is 7.67. The highest BCUT2D eigenvalue weighted by Gasteiger charge is 2.36. The molecule has 0 bridgehead atoms. The first-order valence-corrected chi connectivity index (χ1v) is 9.61. The average molecular weight is 358 g/mol. The quantitative estimate of drug-likeness (QED) is 0.837. The molecule has 0 aromatic heterocycles.